The van der Waals surface area contributed by atoms with Gasteiger partial charge in [-0.25, -0.2) is 4.79 Å². The van der Waals surface area contributed by atoms with Gasteiger partial charge in [0, 0.05) is 13.6 Å². The maximum atomic E-state index is 12.8. The fourth-order valence-electron chi connectivity index (χ4n) is 3.71. The predicted octanol–water partition coefficient (Wildman–Crippen LogP) is 1.40. The molecule has 2 saturated carbocycles. The Kier molecular flexibility index (Phi) is 7.41. The molecule has 27 heavy (non-hydrogen) atoms. The molecule has 3 atom stereocenters. The van der Waals surface area contributed by atoms with Crippen molar-refractivity contribution in [2.24, 2.45) is 11.8 Å². The topological polar surface area (TPSA) is 95.9 Å². The molecule has 7 nitrogen and oxygen atoms in total. The minimum Gasteiger partial charge on any atom is -0.464 e. The molecule has 2 aliphatic rings. The first-order chi connectivity index (χ1) is 12.8. The molecule has 0 aliphatic heterocycles. The molecule has 2 rings (SSSR count). The molecule has 2 amide bonds. The van der Waals surface area contributed by atoms with Crippen molar-refractivity contribution in [2.45, 2.75) is 63.5 Å². The van der Waals surface area contributed by atoms with Crippen LogP contribution in [0, 0.1) is 11.8 Å². The summed E-state index contributed by atoms with van der Waals surface area (Å²) in [6.45, 7) is 6.28. The number of unbranched alkanes of at least 4 members (excludes halogenated alkanes) is 2. The highest BCUT2D eigenvalue weighted by molar-refractivity contribution is 5.94. The monoisotopic (exact) mass is 380 g/mol. The number of carbonyl (C=O) groups is 3. The third kappa shape index (κ3) is 5.31. The summed E-state index contributed by atoms with van der Waals surface area (Å²) >= 11 is 0. The SMILES string of the molecule is C=CCCCCN(C)C(=O)[C@@H]1C[C@@H](O)C[C@H]1C(=O)NC1(C(=O)OCC)CC1. The largest absolute Gasteiger partial charge is 0.464 e. The van der Waals surface area contributed by atoms with Crippen LogP contribution in [0.4, 0.5) is 0 Å². The number of nitrogens with one attached hydrogen (secondary N) is 1. The molecular formula is C20H32N2O5. The molecule has 0 saturated heterocycles. The standard InChI is InChI=1S/C20H32N2O5/c1-4-6-7-8-11-22(3)18(25)16-13-14(23)12-15(16)17(24)21-20(9-10-20)19(26)27-5-2/h4,14-16,23H,1,5-13H2,2-3H3,(H,21,24)/t14-,15+,16+/m0/s1. The molecule has 2 fully saturated rings. The number of hydrogen-bond donors (Lipinski definition) is 2. The third-order valence-corrected chi connectivity index (χ3v) is 5.50. The predicted molar refractivity (Wildman–Crippen MR) is 101 cm³/mol. The number of rotatable bonds is 10. The minimum absolute atomic E-state index is 0.119. The van der Waals surface area contributed by atoms with Crippen LogP contribution in [0.1, 0.15) is 51.9 Å². The Labute approximate surface area is 161 Å². The van der Waals surface area contributed by atoms with Gasteiger partial charge in [0.1, 0.15) is 5.54 Å². The van der Waals surface area contributed by atoms with Crippen LogP contribution in [0.25, 0.3) is 0 Å². The molecule has 0 heterocycles. The van der Waals surface area contributed by atoms with E-state index in [9.17, 15) is 19.5 Å². The molecule has 0 unspecified atom stereocenters. The molecule has 0 aromatic heterocycles. The number of aliphatic hydroxyl groups excluding tert-OH is 1. The molecule has 7 heteroatoms. The van der Waals surface area contributed by atoms with E-state index in [1.165, 1.54) is 0 Å². The van der Waals surface area contributed by atoms with Crippen molar-refractivity contribution < 1.29 is 24.2 Å². The quantitative estimate of drug-likeness (QED) is 0.339. The van der Waals surface area contributed by atoms with Crippen molar-refractivity contribution in [2.75, 3.05) is 20.2 Å². The Hall–Kier alpha value is -1.89. The van der Waals surface area contributed by atoms with Crippen molar-refractivity contribution in [3.05, 3.63) is 12.7 Å². The van der Waals surface area contributed by atoms with Crippen LogP contribution >= 0.6 is 0 Å². The average Bonchev–Trinajstić information content (AvgIpc) is 3.31. The average molecular weight is 380 g/mol. The van der Waals surface area contributed by atoms with Crippen LogP contribution in [-0.4, -0.2) is 59.6 Å². The van der Waals surface area contributed by atoms with E-state index in [1.54, 1.807) is 18.9 Å². The number of allylic oxidation sites excluding steroid dienone is 1. The number of aliphatic hydroxyl groups is 1. The lowest BCUT2D eigenvalue weighted by Gasteiger charge is -2.26. The van der Waals surface area contributed by atoms with E-state index in [0.29, 0.717) is 19.4 Å². The molecule has 0 aromatic carbocycles. The van der Waals surface area contributed by atoms with Gasteiger partial charge in [-0.1, -0.05) is 6.08 Å². The smallest absolute Gasteiger partial charge is 0.331 e. The summed E-state index contributed by atoms with van der Waals surface area (Å²) in [5.74, 6) is -2.04. The second kappa shape index (κ2) is 9.35. The zero-order valence-corrected chi connectivity index (χ0v) is 16.4. The van der Waals surface area contributed by atoms with Crippen LogP contribution in [0.5, 0.6) is 0 Å². The van der Waals surface area contributed by atoms with Crippen molar-refractivity contribution >= 4 is 17.8 Å². The van der Waals surface area contributed by atoms with Crippen molar-refractivity contribution in [3.63, 3.8) is 0 Å². The number of amides is 2. The van der Waals surface area contributed by atoms with E-state index in [0.717, 1.165) is 19.3 Å². The summed E-state index contributed by atoms with van der Waals surface area (Å²) in [7, 11) is 1.73. The zero-order valence-electron chi connectivity index (χ0n) is 16.4. The Morgan fingerprint density at radius 1 is 1.26 bits per heavy atom. The highest BCUT2D eigenvalue weighted by Crippen LogP contribution is 2.39. The molecule has 0 radical (unpaired) electrons. The lowest BCUT2D eigenvalue weighted by molar-refractivity contribution is -0.149. The molecule has 2 aliphatic carbocycles. The van der Waals surface area contributed by atoms with Gasteiger partial charge in [-0.15, -0.1) is 6.58 Å². The Balaban J connectivity index is 1.96. The molecule has 152 valence electrons. The number of esters is 1. The highest BCUT2D eigenvalue weighted by atomic mass is 16.5. The zero-order chi connectivity index (χ0) is 20.0. The van der Waals surface area contributed by atoms with Crippen LogP contribution in [0.15, 0.2) is 12.7 Å². The summed E-state index contributed by atoms with van der Waals surface area (Å²) in [6, 6.07) is 0. The second-order valence-electron chi connectivity index (χ2n) is 7.67. The first kappa shape index (κ1) is 21.4. The number of ether oxygens (including phenoxy) is 1. The van der Waals surface area contributed by atoms with Crippen LogP contribution in [0.3, 0.4) is 0 Å². The third-order valence-electron chi connectivity index (χ3n) is 5.50. The van der Waals surface area contributed by atoms with Crippen LogP contribution in [-0.2, 0) is 19.1 Å². The molecule has 0 spiro atoms. The van der Waals surface area contributed by atoms with Gasteiger partial charge in [-0.3, -0.25) is 9.59 Å². The lowest BCUT2D eigenvalue weighted by atomic mass is 9.93. The van der Waals surface area contributed by atoms with E-state index in [2.05, 4.69) is 11.9 Å². The highest BCUT2D eigenvalue weighted by Gasteiger charge is 2.54. The maximum absolute atomic E-state index is 12.8. The summed E-state index contributed by atoms with van der Waals surface area (Å²) in [4.78, 5) is 39.3. The Bertz CT molecular complexity index is 573. The fourth-order valence-corrected chi connectivity index (χ4v) is 3.71. The Morgan fingerprint density at radius 2 is 1.93 bits per heavy atom. The van der Waals surface area contributed by atoms with Gasteiger partial charge in [0.25, 0.3) is 0 Å². The molecule has 2 N–H and O–H groups in total. The summed E-state index contributed by atoms with van der Waals surface area (Å²) in [5.41, 5.74) is -0.940. The first-order valence-electron chi connectivity index (χ1n) is 9.87. The summed E-state index contributed by atoms with van der Waals surface area (Å²) in [6.07, 6.45) is 5.53. The summed E-state index contributed by atoms with van der Waals surface area (Å²) in [5, 5.41) is 12.8. The van der Waals surface area contributed by atoms with Crippen LogP contribution in [0.2, 0.25) is 0 Å². The number of nitrogens with zero attached hydrogens (tertiary/aromatic N) is 1. The van der Waals surface area contributed by atoms with Crippen molar-refractivity contribution in [3.8, 4) is 0 Å². The van der Waals surface area contributed by atoms with Crippen LogP contribution < -0.4 is 5.32 Å². The molecular weight excluding hydrogens is 348 g/mol. The molecule has 0 bridgehead atoms. The van der Waals surface area contributed by atoms with E-state index in [4.69, 9.17) is 4.74 Å². The van der Waals surface area contributed by atoms with Crippen molar-refractivity contribution in [1.29, 1.82) is 0 Å². The molecule has 0 aromatic rings. The van der Waals surface area contributed by atoms with Crippen molar-refractivity contribution in [1.82, 2.24) is 10.2 Å². The van der Waals surface area contributed by atoms with E-state index >= 15 is 0 Å². The first-order valence-corrected chi connectivity index (χ1v) is 9.87. The summed E-state index contributed by atoms with van der Waals surface area (Å²) < 4.78 is 5.05. The maximum Gasteiger partial charge on any atom is 0.331 e. The normalized spacial score (nSPS) is 25.5. The van der Waals surface area contributed by atoms with Gasteiger partial charge in [0.05, 0.1) is 24.5 Å². The fraction of sp³-hybridized carbons (Fsp3) is 0.750. The lowest BCUT2D eigenvalue weighted by Crippen LogP contribution is -2.48. The minimum atomic E-state index is -0.940. The van der Waals surface area contributed by atoms with Gasteiger partial charge < -0.3 is 20.1 Å². The van der Waals surface area contributed by atoms with Gasteiger partial charge in [-0.2, -0.15) is 0 Å². The number of hydrogen-bond acceptors (Lipinski definition) is 5. The van der Waals surface area contributed by atoms with Gasteiger partial charge >= 0.3 is 5.97 Å². The van der Waals surface area contributed by atoms with E-state index < -0.39 is 29.4 Å². The van der Waals surface area contributed by atoms with Gasteiger partial charge in [-0.05, 0) is 51.9 Å². The van der Waals surface area contributed by atoms with Gasteiger partial charge in [0.15, 0.2) is 0 Å². The number of carbonyl (C=O) groups excluding carboxylic acids is 3. The second-order valence-corrected chi connectivity index (χ2v) is 7.67. The Morgan fingerprint density at radius 3 is 2.52 bits per heavy atom. The van der Waals surface area contributed by atoms with Gasteiger partial charge in [0.2, 0.25) is 11.8 Å². The van der Waals surface area contributed by atoms with E-state index in [-0.39, 0.29) is 31.3 Å². The van der Waals surface area contributed by atoms with E-state index in [1.807, 2.05) is 6.08 Å².